The lowest BCUT2D eigenvalue weighted by Crippen LogP contribution is -2.62. The van der Waals surface area contributed by atoms with E-state index in [2.05, 4.69) is 0 Å². The highest BCUT2D eigenvalue weighted by molar-refractivity contribution is 7.99. The third-order valence-corrected chi connectivity index (χ3v) is 6.29. The number of amides is 1. The first-order valence-corrected chi connectivity index (χ1v) is 11.7. The molecular formula is C22H21N3O10S. The third kappa shape index (κ3) is 6.69. The van der Waals surface area contributed by atoms with Crippen LogP contribution in [0.25, 0.3) is 0 Å². The minimum absolute atomic E-state index is 0.0810. The maximum atomic E-state index is 12.5. The molecular weight excluding hydrogens is 498 g/mol. The standard InChI is InChI=1S/C22H21N3O10S/c1-36-21-18(13-35-22(28)34-12-15-4-8-17(9-5-15)25(31)32)20(27)23(21)10-19(26)33-11-14-2-6-16(7-3-14)24(29)30/h2-9,18,21H,10-13H2,1H3. The molecule has 0 spiro atoms. The van der Waals surface area contributed by atoms with E-state index in [4.69, 9.17) is 14.2 Å². The molecule has 1 aliphatic rings. The summed E-state index contributed by atoms with van der Waals surface area (Å²) in [6, 6.07) is 11.0. The van der Waals surface area contributed by atoms with Crippen molar-refractivity contribution in [1.29, 1.82) is 0 Å². The summed E-state index contributed by atoms with van der Waals surface area (Å²) >= 11 is 1.30. The fourth-order valence-corrected chi connectivity index (χ4v) is 4.28. The van der Waals surface area contributed by atoms with Gasteiger partial charge in [0.2, 0.25) is 5.91 Å². The van der Waals surface area contributed by atoms with Crippen LogP contribution in [0.3, 0.4) is 0 Å². The van der Waals surface area contributed by atoms with Gasteiger partial charge in [-0.25, -0.2) is 4.79 Å². The van der Waals surface area contributed by atoms with Crippen LogP contribution in [0.5, 0.6) is 0 Å². The van der Waals surface area contributed by atoms with Crippen molar-refractivity contribution in [3.05, 3.63) is 79.9 Å². The predicted octanol–water partition coefficient (Wildman–Crippen LogP) is 3.05. The molecule has 0 saturated carbocycles. The van der Waals surface area contributed by atoms with E-state index in [1.165, 1.54) is 65.2 Å². The summed E-state index contributed by atoms with van der Waals surface area (Å²) in [5.41, 5.74) is 0.914. The van der Waals surface area contributed by atoms with Crippen LogP contribution in [0.1, 0.15) is 11.1 Å². The molecule has 0 aromatic heterocycles. The van der Waals surface area contributed by atoms with E-state index in [1.807, 2.05) is 0 Å². The summed E-state index contributed by atoms with van der Waals surface area (Å²) in [6.45, 7) is -0.791. The molecule has 36 heavy (non-hydrogen) atoms. The van der Waals surface area contributed by atoms with Crippen molar-refractivity contribution < 1.29 is 38.4 Å². The summed E-state index contributed by atoms with van der Waals surface area (Å²) in [5.74, 6) is -1.69. The van der Waals surface area contributed by atoms with Crippen molar-refractivity contribution in [2.45, 2.75) is 18.6 Å². The molecule has 0 bridgehead atoms. The quantitative estimate of drug-likeness (QED) is 0.185. The highest BCUT2D eigenvalue weighted by atomic mass is 32.2. The Bertz CT molecular complexity index is 1140. The molecule has 0 radical (unpaired) electrons. The number of nitrogens with zero attached hydrogens (tertiary/aromatic N) is 3. The highest BCUT2D eigenvalue weighted by Gasteiger charge is 2.48. The van der Waals surface area contributed by atoms with Crippen LogP contribution in [0, 0.1) is 26.1 Å². The van der Waals surface area contributed by atoms with Gasteiger partial charge in [0.15, 0.2) is 0 Å². The van der Waals surface area contributed by atoms with Crippen LogP contribution in [0.15, 0.2) is 48.5 Å². The molecule has 2 atom stereocenters. The van der Waals surface area contributed by atoms with E-state index in [0.717, 1.165) is 0 Å². The Morgan fingerprint density at radius 3 is 1.86 bits per heavy atom. The largest absolute Gasteiger partial charge is 0.508 e. The van der Waals surface area contributed by atoms with Gasteiger partial charge >= 0.3 is 12.1 Å². The zero-order valence-corrected chi connectivity index (χ0v) is 19.8. The maximum absolute atomic E-state index is 12.5. The van der Waals surface area contributed by atoms with Gasteiger partial charge in [0.05, 0.1) is 15.2 Å². The minimum atomic E-state index is -0.998. The zero-order valence-electron chi connectivity index (χ0n) is 18.9. The van der Waals surface area contributed by atoms with E-state index < -0.39 is 33.3 Å². The van der Waals surface area contributed by atoms with Gasteiger partial charge in [-0.2, -0.15) is 0 Å². The number of ether oxygens (including phenoxy) is 3. The van der Waals surface area contributed by atoms with Crippen LogP contribution in [-0.4, -0.2) is 57.6 Å². The van der Waals surface area contributed by atoms with Crippen LogP contribution in [0.4, 0.5) is 16.2 Å². The molecule has 1 aliphatic heterocycles. The number of rotatable bonds is 11. The van der Waals surface area contributed by atoms with E-state index in [0.29, 0.717) is 11.1 Å². The highest BCUT2D eigenvalue weighted by Crippen LogP contribution is 2.34. The van der Waals surface area contributed by atoms with Gasteiger partial charge in [-0.1, -0.05) is 0 Å². The second kappa shape index (κ2) is 12.0. The molecule has 1 fully saturated rings. The molecule has 3 rings (SSSR count). The molecule has 0 aliphatic carbocycles. The Hall–Kier alpha value is -4.20. The van der Waals surface area contributed by atoms with Gasteiger partial charge in [-0.15, -0.1) is 11.8 Å². The maximum Gasteiger partial charge on any atom is 0.508 e. The van der Waals surface area contributed by atoms with E-state index >= 15 is 0 Å². The molecule has 190 valence electrons. The Labute approximate surface area is 208 Å². The van der Waals surface area contributed by atoms with E-state index in [9.17, 15) is 34.6 Å². The Kier molecular flexibility index (Phi) is 8.78. The van der Waals surface area contributed by atoms with Crippen LogP contribution >= 0.6 is 11.8 Å². The molecule has 1 heterocycles. The molecule has 2 unspecified atom stereocenters. The first-order valence-electron chi connectivity index (χ1n) is 10.4. The zero-order chi connectivity index (χ0) is 26.2. The minimum Gasteiger partial charge on any atom is -0.459 e. The second-order valence-electron chi connectivity index (χ2n) is 7.56. The number of thioether (sulfide) groups is 1. The molecule has 2 aromatic rings. The lowest BCUT2D eigenvalue weighted by Gasteiger charge is -2.45. The number of esters is 1. The number of non-ortho nitro benzene ring substituents is 2. The van der Waals surface area contributed by atoms with Gasteiger partial charge < -0.3 is 19.1 Å². The molecule has 1 saturated heterocycles. The SMILES string of the molecule is CSC1C(COC(=O)OCc2ccc([N+](=O)[O-])cc2)C(=O)N1CC(=O)OCc1ccc([N+](=O)[O-])cc1. The van der Waals surface area contributed by atoms with Gasteiger partial charge in [-0.3, -0.25) is 29.8 Å². The van der Waals surface area contributed by atoms with Crippen molar-refractivity contribution >= 4 is 41.2 Å². The molecule has 13 nitrogen and oxygen atoms in total. The van der Waals surface area contributed by atoms with Crippen LogP contribution in [0.2, 0.25) is 0 Å². The van der Waals surface area contributed by atoms with Crippen LogP contribution < -0.4 is 0 Å². The second-order valence-corrected chi connectivity index (χ2v) is 8.51. The fraction of sp³-hybridized carbons (Fsp3) is 0.318. The predicted molar refractivity (Wildman–Crippen MR) is 125 cm³/mol. The first-order chi connectivity index (χ1) is 17.2. The average Bonchev–Trinajstić information content (AvgIpc) is 2.87. The number of hydrogen-bond acceptors (Lipinski definition) is 11. The Balaban J connectivity index is 1.40. The Morgan fingerprint density at radius 1 is 0.889 bits per heavy atom. The molecule has 1 amide bonds. The van der Waals surface area contributed by atoms with Crippen molar-refractivity contribution in [2.75, 3.05) is 19.4 Å². The summed E-state index contributed by atoms with van der Waals surface area (Å²) in [6.07, 6.45) is 0.744. The van der Waals surface area contributed by atoms with Crippen molar-refractivity contribution in [3.8, 4) is 0 Å². The lowest BCUT2D eigenvalue weighted by molar-refractivity contribution is -0.385. The van der Waals surface area contributed by atoms with Gasteiger partial charge in [0.25, 0.3) is 11.4 Å². The molecule has 0 N–H and O–H groups in total. The summed E-state index contributed by atoms with van der Waals surface area (Å²) in [7, 11) is 0. The summed E-state index contributed by atoms with van der Waals surface area (Å²) in [5, 5.41) is 20.9. The molecule has 14 heteroatoms. The topological polar surface area (TPSA) is 168 Å². The van der Waals surface area contributed by atoms with Crippen LogP contribution in [-0.2, 0) is 37.0 Å². The number of β-lactam (4-membered cyclic amide) rings is 1. The number of nitro groups is 2. The van der Waals surface area contributed by atoms with Gasteiger partial charge in [0, 0.05) is 24.3 Å². The summed E-state index contributed by atoms with van der Waals surface area (Å²) < 4.78 is 15.1. The third-order valence-electron chi connectivity index (χ3n) is 5.22. The fourth-order valence-electron chi connectivity index (χ4n) is 3.33. The Morgan fingerprint density at radius 2 is 1.39 bits per heavy atom. The summed E-state index contributed by atoms with van der Waals surface area (Å²) in [4.78, 5) is 58.1. The number of likely N-dealkylation sites (tertiary alicyclic amines) is 1. The lowest BCUT2D eigenvalue weighted by atomic mass is 9.99. The normalized spacial score (nSPS) is 16.6. The number of carbonyl (C=O) groups is 3. The monoisotopic (exact) mass is 519 g/mol. The number of hydrogen-bond donors (Lipinski definition) is 0. The smallest absolute Gasteiger partial charge is 0.459 e. The van der Waals surface area contributed by atoms with Gasteiger partial charge in [0.1, 0.15) is 32.3 Å². The van der Waals surface area contributed by atoms with E-state index in [-0.39, 0.29) is 43.6 Å². The number of nitro benzene ring substituents is 2. The number of carbonyl (C=O) groups excluding carboxylic acids is 3. The van der Waals surface area contributed by atoms with Gasteiger partial charge in [-0.05, 0) is 41.6 Å². The van der Waals surface area contributed by atoms with Crippen molar-refractivity contribution in [3.63, 3.8) is 0 Å². The number of benzene rings is 2. The van der Waals surface area contributed by atoms with E-state index in [1.54, 1.807) is 6.26 Å². The van der Waals surface area contributed by atoms with Crippen molar-refractivity contribution in [1.82, 2.24) is 4.90 Å². The average molecular weight is 519 g/mol. The molecule has 2 aromatic carbocycles. The first kappa shape index (κ1) is 26.4. The van der Waals surface area contributed by atoms with Crippen molar-refractivity contribution in [2.24, 2.45) is 5.92 Å².